The van der Waals surface area contributed by atoms with Crippen LogP contribution in [0.25, 0.3) is 21.5 Å². The smallest absolute Gasteiger partial charge is 0.178 e. The Labute approximate surface area is 153 Å². The zero-order valence-corrected chi connectivity index (χ0v) is 14.3. The molecule has 0 spiro atoms. The van der Waals surface area contributed by atoms with Crippen molar-refractivity contribution in [2.75, 3.05) is 0 Å². The molecular weight excluding hydrogens is 359 g/mol. The van der Waals surface area contributed by atoms with E-state index in [9.17, 15) is 10.2 Å². The summed E-state index contributed by atoms with van der Waals surface area (Å²) in [4.78, 5) is 0. The molecule has 0 saturated heterocycles. The van der Waals surface area contributed by atoms with Crippen LogP contribution in [0.2, 0.25) is 10.0 Å². The Morgan fingerprint density at radius 2 is 1.04 bits per heavy atom. The summed E-state index contributed by atoms with van der Waals surface area (Å²) >= 11 is 12.3. The summed E-state index contributed by atoms with van der Waals surface area (Å²) in [7, 11) is 0. The zero-order chi connectivity index (χ0) is 17.6. The van der Waals surface area contributed by atoms with E-state index in [2.05, 4.69) is 0 Å². The van der Waals surface area contributed by atoms with Crippen LogP contribution in [0.3, 0.4) is 0 Å². The third-order valence-electron chi connectivity index (χ3n) is 4.06. The van der Waals surface area contributed by atoms with Crippen molar-refractivity contribution in [1.29, 1.82) is 0 Å². The Hall–Kier alpha value is -2.62. The number of phenolic OH excluding ortho intramolecular Hbond substituents is 2. The van der Waals surface area contributed by atoms with Gasteiger partial charge in [0.25, 0.3) is 0 Å². The van der Waals surface area contributed by atoms with Gasteiger partial charge in [0, 0.05) is 10.8 Å². The molecule has 0 radical (unpaired) electrons. The van der Waals surface area contributed by atoms with Crippen molar-refractivity contribution in [2.24, 2.45) is 0 Å². The van der Waals surface area contributed by atoms with Gasteiger partial charge in [0.1, 0.15) is 0 Å². The third kappa shape index (κ3) is 2.62. The summed E-state index contributed by atoms with van der Waals surface area (Å²) in [6.07, 6.45) is 0. The third-order valence-corrected chi connectivity index (χ3v) is 4.64. The Kier molecular flexibility index (Phi) is 3.83. The van der Waals surface area contributed by atoms with Crippen LogP contribution in [0.5, 0.6) is 23.0 Å². The molecule has 0 aliphatic heterocycles. The Bertz CT molecular complexity index is 1030. The molecule has 4 rings (SSSR count). The first-order chi connectivity index (χ1) is 12.1. The highest BCUT2D eigenvalue weighted by atomic mass is 35.5. The minimum atomic E-state index is -0.191. The van der Waals surface area contributed by atoms with E-state index in [1.54, 1.807) is 12.1 Å². The lowest BCUT2D eigenvalue weighted by molar-refractivity contribution is 0.392. The first-order valence-electron chi connectivity index (χ1n) is 7.54. The number of fused-ring (bicyclic) bond motifs is 2. The quantitative estimate of drug-likeness (QED) is 0.423. The maximum Gasteiger partial charge on any atom is 0.178 e. The second kappa shape index (κ2) is 6.03. The fourth-order valence-electron chi connectivity index (χ4n) is 2.85. The van der Waals surface area contributed by atoms with Gasteiger partial charge in [-0.25, -0.2) is 0 Å². The summed E-state index contributed by atoms with van der Waals surface area (Å²) in [6.45, 7) is 0. The lowest BCUT2D eigenvalue weighted by atomic mass is 10.1. The SMILES string of the molecule is Oc1c(Cl)cc2ccccc2c1Oc1c(O)c(Cl)cc2ccccc12. The van der Waals surface area contributed by atoms with E-state index in [1.165, 1.54) is 0 Å². The number of benzene rings is 4. The Morgan fingerprint density at radius 1 is 0.640 bits per heavy atom. The average molecular weight is 371 g/mol. The van der Waals surface area contributed by atoms with Crippen molar-refractivity contribution in [3.8, 4) is 23.0 Å². The van der Waals surface area contributed by atoms with Gasteiger partial charge in [-0.3, -0.25) is 0 Å². The highest BCUT2D eigenvalue weighted by molar-refractivity contribution is 6.34. The first-order valence-corrected chi connectivity index (χ1v) is 8.30. The molecule has 2 N–H and O–H groups in total. The van der Waals surface area contributed by atoms with Gasteiger partial charge in [-0.1, -0.05) is 71.7 Å². The lowest BCUT2D eigenvalue weighted by Gasteiger charge is -2.15. The van der Waals surface area contributed by atoms with Gasteiger partial charge in [-0.15, -0.1) is 0 Å². The molecule has 4 aromatic carbocycles. The maximum absolute atomic E-state index is 10.4. The molecular formula is C20H12Cl2O3. The molecule has 3 nitrogen and oxygen atoms in total. The number of ether oxygens (including phenoxy) is 1. The summed E-state index contributed by atoms with van der Waals surface area (Å²) < 4.78 is 5.96. The maximum atomic E-state index is 10.4. The molecule has 0 aromatic heterocycles. The normalized spacial score (nSPS) is 11.1. The van der Waals surface area contributed by atoms with Crippen molar-refractivity contribution < 1.29 is 14.9 Å². The van der Waals surface area contributed by atoms with E-state index < -0.39 is 0 Å². The van der Waals surface area contributed by atoms with E-state index in [0.717, 1.165) is 10.8 Å². The molecule has 0 amide bonds. The van der Waals surface area contributed by atoms with Crippen LogP contribution < -0.4 is 4.74 Å². The minimum absolute atomic E-state index is 0.166. The summed E-state index contributed by atoms with van der Waals surface area (Å²) in [5, 5.41) is 24.1. The van der Waals surface area contributed by atoms with Crippen molar-refractivity contribution in [3.05, 3.63) is 70.7 Å². The molecule has 0 aliphatic carbocycles. The number of hydrogen-bond donors (Lipinski definition) is 2. The van der Waals surface area contributed by atoms with E-state index in [0.29, 0.717) is 10.8 Å². The fraction of sp³-hybridized carbons (Fsp3) is 0. The molecule has 0 saturated carbocycles. The van der Waals surface area contributed by atoms with Gasteiger partial charge in [-0.05, 0) is 22.9 Å². The van der Waals surface area contributed by atoms with Gasteiger partial charge in [0.05, 0.1) is 10.0 Å². The number of aromatic hydroxyl groups is 2. The summed E-state index contributed by atoms with van der Waals surface area (Å²) in [5.41, 5.74) is 0. The van der Waals surface area contributed by atoms with E-state index in [-0.39, 0.29) is 33.0 Å². The van der Waals surface area contributed by atoms with Crippen LogP contribution in [-0.2, 0) is 0 Å². The lowest BCUT2D eigenvalue weighted by Crippen LogP contribution is -1.91. The molecule has 5 heteroatoms. The van der Waals surface area contributed by atoms with Crippen molar-refractivity contribution in [2.45, 2.75) is 0 Å². The van der Waals surface area contributed by atoms with E-state index >= 15 is 0 Å². The zero-order valence-electron chi connectivity index (χ0n) is 12.8. The van der Waals surface area contributed by atoms with E-state index in [1.807, 2.05) is 48.5 Å². The predicted octanol–water partition coefficient (Wildman–Crippen LogP) is 6.50. The molecule has 0 fully saturated rings. The molecule has 0 aliphatic rings. The number of halogens is 2. The van der Waals surface area contributed by atoms with Crippen molar-refractivity contribution in [1.82, 2.24) is 0 Å². The van der Waals surface area contributed by atoms with Gasteiger partial charge in [0.2, 0.25) is 0 Å². The van der Waals surface area contributed by atoms with Gasteiger partial charge >= 0.3 is 0 Å². The van der Waals surface area contributed by atoms with E-state index in [4.69, 9.17) is 27.9 Å². The number of rotatable bonds is 2. The molecule has 0 heterocycles. The van der Waals surface area contributed by atoms with Gasteiger partial charge in [-0.2, -0.15) is 0 Å². The summed E-state index contributed by atoms with van der Waals surface area (Å²) in [5.74, 6) is -0.0377. The number of phenols is 2. The van der Waals surface area contributed by atoms with Gasteiger partial charge < -0.3 is 14.9 Å². The van der Waals surface area contributed by atoms with Crippen LogP contribution in [-0.4, -0.2) is 10.2 Å². The fourth-order valence-corrected chi connectivity index (χ4v) is 3.26. The standard InChI is InChI=1S/C20H12Cl2O3/c21-15-9-11-5-1-3-7-13(11)19(17(15)23)25-20-14-8-4-2-6-12(14)10-16(22)18(20)24/h1-10,23-24H. The predicted molar refractivity (Wildman–Crippen MR) is 101 cm³/mol. The van der Waals surface area contributed by atoms with Crippen LogP contribution in [0.1, 0.15) is 0 Å². The Morgan fingerprint density at radius 3 is 1.48 bits per heavy atom. The molecule has 0 atom stereocenters. The molecule has 25 heavy (non-hydrogen) atoms. The minimum Gasteiger partial charge on any atom is -0.503 e. The van der Waals surface area contributed by atoms with Crippen LogP contribution in [0.15, 0.2) is 60.7 Å². The van der Waals surface area contributed by atoms with Crippen LogP contribution in [0.4, 0.5) is 0 Å². The number of hydrogen-bond acceptors (Lipinski definition) is 3. The molecule has 124 valence electrons. The van der Waals surface area contributed by atoms with Crippen molar-refractivity contribution in [3.63, 3.8) is 0 Å². The largest absolute Gasteiger partial charge is 0.503 e. The highest BCUT2D eigenvalue weighted by Gasteiger charge is 2.19. The molecule has 0 bridgehead atoms. The van der Waals surface area contributed by atoms with Crippen LogP contribution >= 0.6 is 23.2 Å². The molecule has 4 aromatic rings. The van der Waals surface area contributed by atoms with Crippen LogP contribution in [0, 0.1) is 0 Å². The summed E-state index contributed by atoms with van der Waals surface area (Å²) in [6, 6.07) is 18.1. The monoisotopic (exact) mass is 370 g/mol. The van der Waals surface area contributed by atoms with Gasteiger partial charge in [0.15, 0.2) is 23.0 Å². The second-order valence-corrected chi connectivity index (χ2v) is 6.43. The Balaban J connectivity index is 2.01. The molecule has 0 unspecified atom stereocenters. The van der Waals surface area contributed by atoms with Crippen molar-refractivity contribution >= 4 is 44.7 Å². The topological polar surface area (TPSA) is 49.7 Å². The second-order valence-electron chi connectivity index (χ2n) is 5.62. The highest BCUT2D eigenvalue weighted by Crippen LogP contribution is 2.48. The average Bonchev–Trinajstić information content (AvgIpc) is 2.62. The first kappa shape index (κ1) is 15.9.